The maximum Gasteiger partial charge on any atom is 0.338 e. The number of carbonyl (C=O) groups excluding carboxylic acids is 2. The van der Waals surface area contributed by atoms with Crippen LogP contribution in [0.15, 0.2) is 70.8 Å². The summed E-state index contributed by atoms with van der Waals surface area (Å²) in [6, 6.07) is 14.0. The molecular weight excluding hydrogens is 516 g/mol. The molecule has 0 aromatic heterocycles. The Morgan fingerprint density at radius 3 is 2.51 bits per heavy atom. The second-order valence-electron chi connectivity index (χ2n) is 9.09. The van der Waals surface area contributed by atoms with Gasteiger partial charge in [-0.05, 0) is 43.7 Å². The van der Waals surface area contributed by atoms with E-state index in [1.54, 1.807) is 68.6 Å². The number of nitrogens with one attached hydrogen (secondary N) is 1. The first-order valence-corrected chi connectivity index (χ1v) is 13.9. The zero-order chi connectivity index (χ0) is 26.7. The van der Waals surface area contributed by atoms with Crippen molar-refractivity contribution >= 4 is 33.6 Å². The van der Waals surface area contributed by atoms with Gasteiger partial charge in [-0.15, -0.1) is 0 Å². The summed E-state index contributed by atoms with van der Waals surface area (Å²) >= 11 is 6.20. The molecule has 0 aliphatic carbocycles. The molecule has 37 heavy (non-hydrogen) atoms. The Kier molecular flexibility index (Phi) is 8.23. The van der Waals surface area contributed by atoms with Gasteiger partial charge in [-0.1, -0.05) is 41.9 Å². The number of piperazine rings is 1. The molecule has 0 bridgehead atoms. The molecule has 11 heteroatoms. The third-order valence-corrected chi connectivity index (χ3v) is 8.89. The van der Waals surface area contributed by atoms with Gasteiger partial charge < -0.3 is 10.1 Å². The van der Waals surface area contributed by atoms with E-state index in [0.29, 0.717) is 34.9 Å². The summed E-state index contributed by atoms with van der Waals surface area (Å²) in [5.41, 5.74) is 1.51. The fourth-order valence-corrected chi connectivity index (χ4v) is 6.62. The van der Waals surface area contributed by atoms with Gasteiger partial charge in [-0.3, -0.25) is 9.80 Å². The van der Waals surface area contributed by atoms with E-state index >= 15 is 0 Å². The van der Waals surface area contributed by atoms with Gasteiger partial charge in [-0.2, -0.15) is 4.31 Å². The monoisotopic (exact) mass is 546 g/mol. The zero-order valence-electron chi connectivity index (χ0n) is 21.1. The van der Waals surface area contributed by atoms with Crippen molar-refractivity contribution in [3.63, 3.8) is 0 Å². The Morgan fingerprint density at radius 2 is 1.86 bits per heavy atom. The van der Waals surface area contributed by atoms with Gasteiger partial charge in [-0.25, -0.2) is 18.0 Å². The van der Waals surface area contributed by atoms with Crippen LogP contribution in [-0.4, -0.2) is 80.4 Å². The largest absolute Gasteiger partial charge is 0.463 e. The van der Waals surface area contributed by atoms with Crippen LogP contribution in [0.2, 0.25) is 5.02 Å². The van der Waals surface area contributed by atoms with Crippen LogP contribution in [-0.2, 0) is 19.6 Å². The molecule has 9 nitrogen and oxygen atoms in total. The third-order valence-electron chi connectivity index (χ3n) is 6.63. The molecule has 1 saturated heterocycles. The highest BCUT2D eigenvalue weighted by Gasteiger charge is 2.39. The SMILES string of the molecule is CCOC(=O)C1=C(CN2CCN(S(=O)(=O)c3ccccc3)C(C)C2)N(C)C(=O)NC1c1cccc(Cl)c1. The van der Waals surface area contributed by atoms with Crippen molar-refractivity contribution in [2.24, 2.45) is 0 Å². The third kappa shape index (κ3) is 5.67. The fourth-order valence-electron chi connectivity index (χ4n) is 4.79. The molecule has 0 saturated carbocycles. The molecule has 2 amide bonds. The van der Waals surface area contributed by atoms with Crippen LogP contribution in [0.3, 0.4) is 0 Å². The summed E-state index contributed by atoms with van der Waals surface area (Å²) in [6.45, 7) is 5.21. The number of rotatable bonds is 7. The number of esters is 1. The average Bonchev–Trinajstić information content (AvgIpc) is 2.87. The van der Waals surface area contributed by atoms with E-state index in [1.807, 2.05) is 6.92 Å². The lowest BCUT2D eigenvalue weighted by Crippen LogP contribution is -2.56. The fraction of sp³-hybridized carbons (Fsp3) is 0.385. The number of ether oxygens (including phenoxy) is 1. The van der Waals surface area contributed by atoms with Crippen LogP contribution in [0.4, 0.5) is 4.79 Å². The summed E-state index contributed by atoms with van der Waals surface area (Å²) in [5.74, 6) is -0.521. The Bertz CT molecular complexity index is 1300. The van der Waals surface area contributed by atoms with E-state index in [0.717, 1.165) is 0 Å². The number of hydrogen-bond donors (Lipinski definition) is 1. The van der Waals surface area contributed by atoms with Crippen LogP contribution in [0, 0.1) is 0 Å². The Morgan fingerprint density at radius 1 is 1.14 bits per heavy atom. The lowest BCUT2D eigenvalue weighted by molar-refractivity contribution is -0.139. The number of nitrogens with zero attached hydrogens (tertiary/aromatic N) is 3. The van der Waals surface area contributed by atoms with E-state index in [9.17, 15) is 18.0 Å². The van der Waals surface area contributed by atoms with E-state index in [2.05, 4.69) is 10.2 Å². The Balaban J connectivity index is 1.63. The van der Waals surface area contributed by atoms with Gasteiger partial charge in [0.2, 0.25) is 10.0 Å². The van der Waals surface area contributed by atoms with E-state index in [4.69, 9.17) is 16.3 Å². The number of amides is 2. The first-order chi connectivity index (χ1) is 17.6. The number of likely N-dealkylation sites (N-methyl/N-ethyl adjacent to an activating group) is 1. The van der Waals surface area contributed by atoms with Crippen LogP contribution >= 0.6 is 11.6 Å². The number of hydrogen-bond acceptors (Lipinski definition) is 6. The summed E-state index contributed by atoms with van der Waals surface area (Å²) in [7, 11) is -2.03. The zero-order valence-corrected chi connectivity index (χ0v) is 22.6. The Labute approximate surface area is 222 Å². The number of urea groups is 1. The van der Waals surface area contributed by atoms with Crippen molar-refractivity contribution < 1.29 is 22.7 Å². The number of benzene rings is 2. The lowest BCUT2D eigenvalue weighted by atomic mass is 9.94. The molecule has 1 N–H and O–H groups in total. The van der Waals surface area contributed by atoms with Crippen molar-refractivity contribution in [1.29, 1.82) is 0 Å². The predicted octanol–water partition coefficient (Wildman–Crippen LogP) is 3.25. The molecule has 2 aliphatic heterocycles. The highest BCUT2D eigenvalue weighted by Crippen LogP contribution is 2.33. The Hall–Kier alpha value is -2.92. The molecule has 2 atom stereocenters. The summed E-state index contributed by atoms with van der Waals surface area (Å²) < 4.78 is 33.3. The van der Waals surface area contributed by atoms with E-state index in [-0.39, 0.29) is 36.7 Å². The van der Waals surface area contributed by atoms with Crippen molar-refractivity contribution in [1.82, 2.24) is 19.4 Å². The summed E-state index contributed by atoms with van der Waals surface area (Å²) in [6.07, 6.45) is 0. The molecule has 0 radical (unpaired) electrons. The second kappa shape index (κ2) is 11.2. The molecule has 2 aromatic carbocycles. The van der Waals surface area contributed by atoms with Crippen molar-refractivity contribution in [3.8, 4) is 0 Å². The van der Waals surface area contributed by atoms with Gasteiger partial charge in [0.1, 0.15) is 0 Å². The minimum atomic E-state index is -3.63. The maximum atomic E-state index is 13.2. The molecule has 2 aliphatic rings. The van der Waals surface area contributed by atoms with Gasteiger partial charge >= 0.3 is 12.0 Å². The molecule has 0 spiro atoms. The first kappa shape index (κ1) is 27.1. The van der Waals surface area contributed by atoms with Gasteiger partial charge in [0.15, 0.2) is 0 Å². The van der Waals surface area contributed by atoms with Gasteiger partial charge in [0.25, 0.3) is 0 Å². The number of halogens is 1. The van der Waals surface area contributed by atoms with Crippen LogP contribution < -0.4 is 5.32 Å². The summed E-state index contributed by atoms with van der Waals surface area (Å²) in [4.78, 5) is 29.9. The highest BCUT2D eigenvalue weighted by molar-refractivity contribution is 7.89. The summed E-state index contributed by atoms with van der Waals surface area (Å²) in [5, 5.41) is 3.37. The van der Waals surface area contributed by atoms with E-state index in [1.165, 1.54) is 9.21 Å². The smallest absolute Gasteiger partial charge is 0.338 e. The normalized spacial score (nSPS) is 21.6. The molecule has 1 fully saturated rings. The lowest BCUT2D eigenvalue weighted by Gasteiger charge is -2.41. The molecule has 4 rings (SSSR count). The molecule has 198 valence electrons. The van der Waals surface area contributed by atoms with Crippen molar-refractivity contribution in [3.05, 3.63) is 76.5 Å². The molecular formula is C26H31ClN4O5S. The maximum absolute atomic E-state index is 13.2. The first-order valence-electron chi connectivity index (χ1n) is 12.1. The highest BCUT2D eigenvalue weighted by atomic mass is 35.5. The molecule has 2 heterocycles. The molecule has 2 unspecified atom stereocenters. The predicted molar refractivity (Wildman–Crippen MR) is 140 cm³/mol. The van der Waals surface area contributed by atoms with E-state index < -0.39 is 22.0 Å². The van der Waals surface area contributed by atoms with Gasteiger partial charge in [0, 0.05) is 50.0 Å². The van der Waals surface area contributed by atoms with Crippen LogP contribution in [0.5, 0.6) is 0 Å². The quantitative estimate of drug-likeness (QED) is 0.535. The van der Waals surface area contributed by atoms with Gasteiger partial charge in [0.05, 0.1) is 23.1 Å². The number of carbonyl (C=O) groups is 2. The topological polar surface area (TPSA) is 99.3 Å². The van der Waals surface area contributed by atoms with Crippen molar-refractivity contribution in [2.45, 2.75) is 30.8 Å². The minimum Gasteiger partial charge on any atom is -0.463 e. The van der Waals surface area contributed by atoms with Crippen LogP contribution in [0.25, 0.3) is 0 Å². The minimum absolute atomic E-state index is 0.183. The van der Waals surface area contributed by atoms with Crippen LogP contribution in [0.1, 0.15) is 25.5 Å². The number of sulfonamides is 1. The standard InChI is InChI=1S/C26H31ClN4O5S/c1-4-36-25(32)23-22(29(3)26(33)28-24(23)19-9-8-10-20(27)15-19)17-30-13-14-31(18(2)16-30)37(34,35)21-11-6-5-7-12-21/h5-12,15,18,24H,4,13-14,16-17H2,1-3H3,(H,28,33). The second-order valence-corrected chi connectivity index (χ2v) is 11.4. The average molecular weight is 547 g/mol. The molecule has 2 aromatic rings. The van der Waals surface area contributed by atoms with Crippen molar-refractivity contribution in [2.75, 3.05) is 39.8 Å².